The minimum absolute atomic E-state index is 0.911. The van der Waals surface area contributed by atoms with Crippen molar-refractivity contribution >= 4 is 115 Å². The van der Waals surface area contributed by atoms with E-state index < -0.39 is 52.3 Å². The van der Waals surface area contributed by atoms with Crippen LogP contribution in [0.3, 0.4) is 0 Å². The predicted molar refractivity (Wildman–Crippen MR) is 410 cm³/mol. The largest absolute Gasteiger partial charge is 0.422 e. The third kappa shape index (κ3) is 14.5. The lowest BCUT2D eigenvalue weighted by Crippen LogP contribution is -2.84. The van der Waals surface area contributed by atoms with Crippen molar-refractivity contribution in [3.8, 4) is 0 Å². The molecule has 0 N–H and O–H groups in total. The molecule has 0 aliphatic rings. The van der Waals surface area contributed by atoms with Crippen LogP contribution in [0, 0.1) is 83.1 Å². The average Bonchev–Trinajstić information content (AvgIpc) is 0.715. The van der Waals surface area contributed by atoms with Crippen LogP contribution < -0.4 is 62.2 Å². The fourth-order valence-electron chi connectivity index (χ4n) is 12.2. The summed E-state index contributed by atoms with van der Waals surface area (Å²) in [6.07, 6.45) is 0. The molecule has 0 aromatic heterocycles. The van der Waals surface area contributed by atoms with E-state index in [0.29, 0.717) is 0 Å². The highest BCUT2D eigenvalue weighted by molar-refractivity contribution is 7.13. The molecule has 95 heavy (non-hydrogen) atoms. The van der Waals surface area contributed by atoms with Gasteiger partial charge in [0.05, 0.1) is 0 Å². The zero-order valence-electron chi connectivity index (χ0n) is 56.8. The summed E-state index contributed by atoms with van der Waals surface area (Å²) in [6.45, 7) is 25.8. The van der Waals surface area contributed by atoms with Crippen LogP contribution in [-0.4, -0.2) is 52.3 Å². The van der Waals surface area contributed by atoms with E-state index >= 15 is 0 Å². The third-order valence-electron chi connectivity index (χ3n) is 18.1. The summed E-state index contributed by atoms with van der Waals surface area (Å²) >= 11 is 0. The van der Waals surface area contributed by atoms with Gasteiger partial charge in [-0.25, -0.2) is 0 Å². The Morgan fingerprint density at radius 1 is 0.158 bits per heavy atom. The predicted octanol–water partition coefficient (Wildman–Crippen LogP) is 11.4. The van der Waals surface area contributed by atoms with E-state index in [-0.39, 0.29) is 0 Å². The number of hydrogen-bond acceptors (Lipinski definition) is 5. The van der Waals surface area contributed by atoms with Crippen LogP contribution in [0.4, 0.5) is 0 Å². The maximum atomic E-state index is 9.44. The van der Waals surface area contributed by atoms with E-state index in [0.717, 1.165) is 107 Å². The van der Waals surface area contributed by atoms with Crippen LogP contribution >= 0.6 is 0 Å². The van der Waals surface area contributed by atoms with Crippen molar-refractivity contribution in [3.63, 3.8) is 0 Å². The lowest BCUT2D eigenvalue weighted by molar-refractivity contribution is 0.314. The van der Waals surface area contributed by atoms with Gasteiger partial charge in [0, 0.05) is 0 Å². The fraction of sp³-hybridized carbons (Fsp3) is 0.143. The van der Waals surface area contributed by atoms with E-state index in [1.165, 1.54) is 22.3 Å². The Labute approximate surface area is 572 Å². The smallest absolute Gasteiger partial charge is 0.390 e. The number of benzene rings is 12. The van der Waals surface area contributed by atoms with Crippen molar-refractivity contribution in [2.45, 2.75) is 83.1 Å². The van der Waals surface area contributed by atoms with E-state index in [1.807, 2.05) is 0 Å². The van der Waals surface area contributed by atoms with E-state index in [2.05, 4.69) is 374 Å². The summed E-state index contributed by atoms with van der Waals surface area (Å²) in [7, 11) is -22.1. The fourth-order valence-corrected chi connectivity index (χ4v) is 39.6. The molecule has 0 amide bonds. The Balaban J connectivity index is 1.25. The van der Waals surface area contributed by atoms with Crippen LogP contribution in [0.5, 0.6) is 0 Å². The van der Waals surface area contributed by atoms with Crippen molar-refractivity contribution < 1.29 is 20.6 Å². The molecule has 474 valence electrons. The highest BCUT2D eigenvalue weighted by atomic mass is 28.5. The molecule has 0 bridgehead atoms. The average molecular weight is 1340 g/mol. The van der Waals surface area contributed by atoms with Gasteiger partial charge in [0.2, 0.25) is 0 Å². The maximum absolute atomic E-state index is 9.44. The molecule has 2 radical (unpaired) electrons. The van der Waals surface area contributed by atoms with Gasteiger partial charge in [0.1, 0.15) is 0 Å². The lowest BCUT2D eigenvalue weighted by Gasteiger charge is -2.49. The first-order chi connectivity index (χ1) is 45.8. The quantitative estimate of drug-likeness (QED) is 0.0633. The molecule has 0 heterocycles. The summed E-state index contributed by atoms with van der Waals surface area (Å²) in [5.41, 5.74) is 13.7. The van der Waals surface area contributed by atoms with Crippen LogP contribution in [0.1, 0.15) is 66.8 Å². The summed E-state index contributed by atoms with van der Waals surface area (Å²) in [6, 6.07) is 107. The van der Waals surface area contributed by atoms with Gasteiger partial charge in [-0.2, -0.15) is 0 Å². The molecule has 0 aliphatic heterocycles. The molecule has 0 saturated carbocycles. The molecular formula is C84H84O5Si6. The van der Waals surface area contributed by atoms with Crippen LogP contribution in [0.15, 0.2) is 291 Å². The Morgan fingerprint density at radius 2 is 0.274 bits per heavy atom. The van der Waals surface area contributed by atoms with Gasteiger partial charge < -0.3 is 20.6 Å². The second-order valence-electron chi connectivity index (χ2n) is 26.0. The van der Waals surface area contributed by atoms with Gasteiger partial charge in [0.25, 0.3) is 18.1 Å². The van der Waals surface area contributed by atoms with Crippen molar-refractivity contribution in [3.05, 3.63) is 358 Å². The standard InChI is InChI=1S/C84H84O5Si6/c1-61-13-37-73(38-14-61)90(74-39-15-62(2)16-40-74)85-92(77-45-21-65(5)22-46-77,78-47-23-66(6)24-48-78)87-94(81-53-29-69(9)30-54-81,82-55-31-70(10)32-56-82)89-95(83-57-33-71(11)34-58-83,84-59-35-72(12)36-60-84)88-93(79-49-25-67(7)26-50-79,80-51-27-68(8)28-52-80)86-91(75-41-17-63(3)18-42-75)76-43-19-64(4)20-44-76/h13-60H,1-12H3. The molecular weight excluding hydrogens is 1260 g/mol. The summed E-state index contributed by atoms with van der Waals surface area (Å²) in [5, 5.41) is 11.9. The Kier molecular flexibility index (Phi) is 20.1. The van der Waals surface area contributed by atoms with Crippen molar-refractivity contribution in [1.29, 1.82) is 0 Å². The molecule has 12 rings (SSSR count). The van der Waals surface area contributed by atoms with E-state index in [4.69, 9.17) is 8.23 Å². The summed E-state index contributed by atoms with van der Waals surface area (Å²) in [5.74, 6) is 0. The first-order valence-electron chi connectivity index (χ1n) is 32.9. The second-order valence-corrected chi connectivity index (χ2v) is 43.3. The zero-order chi connectivity index (χ0) is 66.5. The molecule has 11 heteroatoms. The maximum Gasteiger partial charge on any atom is 0.390 e. The summed E-state index contributed by atoms with van der Waals surface area (Å²) < 4.78 is 45.4. The van der Waals surface area contributed by atoms with Crippen molar-refractivity contribution in [2.75, 3.05) is 0 Å². The molecule has 0 fully saturated rings. The number of rotatable bonds is 22. The number of aryl methyl sites for hydroxylation is 12. The number of hydrogen-bond donors (Lipinski definition) is 0. The van der Waals surface area contributed by atoms with Gasteiger partial charge in [-0.05, 0) is 145 Å². The SMILES string of the molecule is Cc1ccc([Si](O[Si](O[Si](O[Si](O[Si](O[Si](c2ccc(C)cc2)c2ccc(C)cc2)(c2ccc(C)cc2)c2ccc(C)cc2)(c2ccc(C)cc2)c2ccc(C)cc2)(c2ccc(C)cc2)c2ccc(C)cc2)(c2ccc(C)cc2)c2ccc(C)cc2)c2ccc(C)cc2)cc1. The van der Waals surface area contributed by atoms with Crippen molar-refractivity contribution in [2.24, 2.45) is 0 Å². The first kappa shape index (κ1) is 66.7. The molecule has 0 aliphatic carbocycles. The van der Waals surface area contributed by atoms with Crippen LogP contribution in [0.2, 0.25) is 0 Å². The van der Waals surface area contributed by atoms with Gasteiger partial charge in [0.15, 0.2) is 0 Å². The van der Waals surface area contributed by atoms with E-state index in [9.17, 15) is 12.3 Å². The van der Waals surface area contributed by atoms with Gasteiger partial charge in [-0.15, -0.1) is 0 Å². The second kappa shape index (κ2) is 28.6. The molecule has 12 aromatic rings. The van der Waals surface area contributed by atoms with Gasteiger partial charge in [-0.3, -0.25) is 0 Å². The Bertz CT molecular complexity index is 3940. The van der Waals surface area contributed by atoms with Crippen LogP contribution in [0.25, 0.3) is 0 Å². The molecule has 0 spiro atoms. The monoisotopic (exact) mass is 1340 g/mol. The molecule has 5 nitrogen and oxygen atoms in total. The molecule has 0 atom stereocenters. The Morgan fingerprint density at radius 3 is 0.421 bits per heavy atom. The highest BCUT2D eigenvalue weighted by Crippen LogP contribution is 2.30. The normalized spacial score (nSPS) is 12.2. The van der Waals surface area contributed by atoms with E-state index in [1.54, 1.807) is 0 Å². The minimum atomic E-state index is -4.57. The minimum Gasteiger partial charge on any atom is -0.422 e. The first-order valence-corrected chi connectivity index (χ1v) is 43.0. The topological polar surface area (TPSA) is 46.2 Å². The molecule has 0 unspecified atom stereocenters. The van der Waals surface area contributed by atoms with Crippen molar-refractivity contribution in [1.82, 2.24) is 0 Å². The molecule has 12 aromatic carbocycles. The lowest BCUT2D eigenvalue weighted by atomic mass is 10.2. The zero-order valence-corrected chi connectivity index (χ0v) is 62.8. The van der Waals surface area contributed by atoms with Crippen LogP contribution in [-0.2, 0) is 20.6 Å². The molecule has 0 saturated heterocycles. The Hall–Kier alpha value is -8.26. The van der Waals surface area contributed by atoms with Gasteiger partial charge in [-0.1, -0.05) is 358 Å². The van der Waals surface area contributed by atoms with Gasteiger partial charge >= 0.3 is 34.2 Å². The summed E-state index contributed by atoms with van der Waals surface area (Å²) in [4.78, 5) is 0. The third-order valence-corrected chi connectivity index (χ3v) is 41.1. The highest BCUT2D eigenvalue weighted by Gasteiger charge is 2.64.